The fraction of sp³-hybridized carbons (Fsp3) is 0.333. The van der Waals surface area contributed by atoms with Crippen LogP contribution in [0.25, 0.3) is 0 Å². The van der Waals surface area contributed by atoms with Gasteiger partial charge in [0.15, 0.2) is 0 Å². The number of anilines is 1. The van der Waals surface area contributed by atoms with Crippen LogP contribution in [0, 0.1) is 5.82 Å². The van der Waals surface area contributed by atoms with Crippen LogP contribution in [-0.2, 0) is 19.8 Å². The summed E-state index contributed by atoms with van der Waals surface area (Å²) in [6.07, 6.45) is -0.258. The van der Waals surface area contributed by atoms with Crippen molar-refractivity contribution < 1.29 is 27.5 Å². The van der Waals surface area contributed by atoms with Crippen LogP contribution in [0.5, 0.6) is 0 Å². The molecule has 0 radical (unpaired) electrons. The van der Waals surface area contributed by atoms with Gasteiger partial charge in [0.25, 0.3) is 10.2 Å². The Morgan fingerprint density at radius 3 is 2.70 bits per heavy atom. The number of aliphatic carboxylic acids is 1. The van der Waals surface area contributed by atoms with Crippen molar-refractivity contribution in [2.24, 2.45) is 0 Å². The van der Waals surface area contributed by atoms with Gasteiger partial charge in [-0.25, -0.2) is 4.39 Å². The first kappa shape index (κ1) is 17.6. The average Bonchev–Trinajstić information content (AvgIpc) is 2.45. The van der Waals surface area contributed by atoms with Crippen LogP contribution < -0.4 is 10.0 Å². The van der Waals surface area contributed by atoms with E-state index in [0.717, 1.165) is 17.4 Å². The highest BCUT2D eigenvalue weighted by atomic mass is 35.5. The maximum absolute atomic E-state index is 13.1. The Labute approximate surface area is 136 Å². The Kier molecular flexibility index (Phi) is 4.90. The molecular weight excluding hydrogens is 353 g/mol. The average molecular weight is 366 g/mol. The van der Waals surface area contributed by atoms with Crippen molar-refractivity contribution in [1.29, 1.82) is 0 Å². The predicted molar refractivity (Wildman–Crippen MR) is 79.7 cm³/mol. The SMILES string of the molecule is CN1C(C(=O)Nc2ccc(F)c(Cl)c2)CC(C(=O)O)NS1(=O)=O. The van der Waals surface area contributed by atoms with Crippen molar-refractivity contribution in [3.8, 4) is 0 Å². The van der Waals surface area contributed by atoms with E-state index < -0.39 is 40.0 Å². The van der Waals surface area contributed by atoms with Gasteiger partial charge < -0.3 is 10.4 Å². The van der Waals surface area contributed by atoms with Crippen LogP contribution in [0.2, 0.25) is 5.02 Å². The van der Waals surface area contributed by atoms with Crippen molar-refractivity contribution in [3.63, 3.8) is 0 Å². The number of amides is 1. The second-order valence-electron chi connectivity index (χ2n) is 4.90. The number of benzene rings is 1. The molecule has 0 bridgehead atoms. The third-order valence-electron chi connectivity index (χ3n) is 3.36. The maximum Gasteiger partial charge on any atom is 0.321 e. The summed E-state index contributed by atoms with van der Waals surface area (Å²) in [5.41, 5.74) is 0.164. The van der Waals surface area contributed by atoms with Crippen LogP contribution in [0.3, 0.4) is 0 Å². The van der Waals surface area contributed by atoms with Crippen LogP contribution in [-0.4, -0.2) is 48.8 Å². The molecule has 0 spiro atoms. The Hall–Kier alpha value is -1.75. The smallest absolute Gasteiger partial charge is 0.321 e. The van der Waals surface area contributed by atoms with Crippen molar-refractivity contribution in [1.82, 2.24) is 9.03 Å². The number of hydrogen-bond acceptors (Lipinski definition) is 4. The molecule has 1 aromatic rings. The van der Waals surface area contributed by atoms with Gasteiger partial charge in [0.1, 0.15) is 17.9 Å². The Morgan fingerprint density at radius 2 is 2.13 bits per heavy atom. The quantitative estimate of drug-likeness (QED) is 0.717. The maximum atomic E-state index is 13.1. The Morgan fingerprint density at radius 1 is 1.48 bits per heavy atom. The zero-order valence-corrected chi connectivity index (χ0v) is 13.4. The monoisotopic (exact) mass is 365 g/mol. The van der Waals surface area contributed by atoms with E-state index in [1.807, 2.05) is 4.72 Å². The molecular formula is C12H13ClFN3O5S. The number of nitrogens with one attached hydrogen (secondary N) is 2. The molecule has 0 aliphatic carbocycles. The highest BCUT2D eigenvalue weighted by Crippen LogP contribution is 2.22. The van der Waals surface area contributed by atoms with Gasteiger partial charge in [0.2, 0.25) is 5.91 Å². The first-order chi connectivity index (χ1) is 10.6. The van der Waals surface area contributed by atoms with E-state index >= 15 is 0 Å². The van der Waals surface area contributed by atoms with Gasteiger partial charge in [-0.05, 0) is 18.2 Å². The summed E-state index contributed by atoms with van der Waals surface area (Å²) in [5, 5.41) is 11.2. The van der Waals surface area contributed by atoms with Gasteiger partial charge in [0, 0.05) is 19.2 Å². The molecule has 23 heavy (non-hydrogen) atoms. The van der Waals surface area contributed by atoms with E-state index in [0.29, 0.717) is 0 Å². The van der Waals surface area contributed by atoms with Crippen LogP contribution in [0.1, 0.15) is 6.42 Å². The van der Waals surface area contributed by atoms with Gasteiger partial charge >= 0.3 is 5.97 Å². The molecule has 1 heterocycles. The lowest BCUT2D eigenvalue weighted by atomic mass is 10.1. The number of carbonyl (C=O) groups is 2. The number of likely N-dealkylation sites (N-methyl/N-ethyl adjacent to an activating group) is 1. The van der Waals surface area contributed by atoms with Crippen molar-refractivity contribution in [3.05, 3.63) is 29.0 Å². The molecule has 2 atom stereocenters. The summed E-state index contributed by atoms with van der Waals surface area (Å²) in [5.74, 6) is -2.80. The number of hydrogen-bond donors (Lipinski definition) is 3. The van der Waals surface area contributed by atoms with Gasteiger partial charge in [-0.1, -0.05) is 11.6 Å². The second kappa shape index (κ2) is 6.40. The number of carbonyl (C=O) groups excluding carboxylic acids is 1. The topological polar surface area (TPSA) is 116 Å². The summed E-state index contributed by atoms with van der Waals surface area (Å²) in [4.78, 5) is 23.3. The summed E-state index contributed by atoms with van der Waals surface area (Å²) < 4.78 is 39.5. The first-order valence-corrected chi connectivity index (χ1v) is 8.17. The minimum atomic E-state index is -4.10. The minimum Gasteiger partial charge on any atom is -0.480 e. The summed E-state index contributed by atoms with van der Waals surface area (Å²) in [6.45, 7) is 0. The van der Waals surface area contributed by atoms with E-state index in [1.54, 1.807) is 0 Å². The Balaban J connectivity index is 2.22. The van der Waals surface area contributed by atoms with Crippen molar-refractivity contribution in [2.45, 2.75) is 18.5 Å². The fourth-order valence-electron chi connectivity index (χ4n) is 2.07. The van der Waals surface area contributed by atoms with Crippen molar-refractivity contribution in [2.75, 3.05) is 12.4 Å². The lowest BCUT2D eigenvalue weighted by Gasteiger charge is -2.34. The van der Waals surface area contributed by atoms with Crippen LogP contribution >= 0.6 is 11.6 Å². The van der Waals surface area contributed by atoms with Crippen LogP contribution in [0.15, 0.2) is 18.2 Å². The predicted octanol–water partition coefficient (Wildman–Crippen LogP) is 0.409. The van der Waals surface area contributed by atoms with E-state index in [-0.39, 0.29) is 17.1 Å². The molecule has 11 heteroatoms. The molecule has 1 aliphatic rings. The number of halogens is 2. The van der Waals surface area contributed by atoms with Gasteiger partial charge in [-0.15, -0.1) is 0 Å². The number of nitrogens with zero attached hydrogens (tertiary/aromatic N) is 1. The lowest BCUT2D eigenvalue weighted by Crippen LogP contribution is -2.60. The molecule has 0 aromatic heterocycles. The molecule has 0 saturated carbocycles. The highest BCUT2D eigenvalue weighted by Gasteiger charge is 2.42. The van der Waals surface area contributed by atoms with Crippen LogP contribution in [0.4, 0.5) is 10.1 Å². The fourth-order valence-corrected chi connectivity index (χ4v) is 3.49. The van der Waals surface area contributed by atoms with Gasteiger partial charge in [0.05, 0.1) is 5.02 Å². The van der Waals surface area contributed by atoms with Gasteiger partial charge in [-0.2, -0.15) is 17.4 Å². The summed E-state index contributed by atoms with van der Waals surface area (Å²) in [6, 6.07) is 0.818. The highest BCUT2D eigenvalue weighted by molar-refractivity contribution is 7.87. The molecule has 8 nitrogen and oxygen atoms in total. The van der Waals surface area contributed by atoms with E-state index in [9.17, 15) is 22.4 Å². The Bertz CT molecular complexity index is 757. The molecule has 1 aromatic carbocycles. The zero-order chi connectivity index (χ0) is 17.4. The third-order valence-corrected chi connectivity index (χ3v) is 5.24. The van der Waals surface area contributed by atoms with Crippen molar-refractivity contribution >= 4 is 39.4 Å². The van der Waals surface area contributed by atoms with E-state index in [1.165, 1.54) is 12.1 Å². The summed E-state index contributed by atoms with van der Waals surface area (Å²) in [7, 11) is -2.95. The lowest BCUT2D eigenvalue weighted by molar-refractivity contribution is -0.139. The summed E-state index contributed by atoms with van der Waals surface area (Å²) >= 11 is 5.60. The molecule has 1 amide bonds. The molecule has 126 valence electrons. The molecule has 1 aliphatic heterocycles. The largest absolute Gasteiger partial charge is 0.480 e. The zero-order valence-electron chi connectivity index (χ0n) is 11.8. The molecule has 1 fully saturated rings. The molecule has 1 saturated heterocycles. The molecule has 2 rings (SSSR count). The number of carboxylic acid groups (broad SMARTS) is 1. The normalized spacial score (nSPS) is 24.1. The second-order valence-corrected chi connectivity index (χ2v) is 7.07. The third kappa shape index (κ3) is 3.78. The van der Waals surface area contributed by atoms with E-state index in [2.05, 4.69) is 5.32 Å². The van der Waals surface area contributed by atoms with E-state index in [4.69, 9.17) is 16.7 Å². The molecule has 3 N–H and O–H groups in total. The van der Waals surface area contributed by atoms with Gasteiger partial charge in [-0.3, -0.25) is 9.59 Å². The minimum absolute atomic E-state index is 0.164. The number of rotatable bonds is 3. The standard InChI is InChI=1S/C12H13ClFN3O5S/c1-17-10(5-9(12(19)20)16-23(17,21)22)11(18)15-6-2-3-8(14)7(13)4-6/h2-4,9-10,16H,5H2,1H3,(H,15,18)(H,19,20). The first-order valence-electron chi connectivity index (χ1n) is 6.36. The molecule has 2 unspecified atom stereocenters. The number of carboxylic acids is 1.